The van der Waals surface area contributed by atoms with Gasteiger partial charge in [-0.2, -0.15) is 0 Å². The molecule has 1 saturated heterocycles. The first-order valence-electron chi connectivity index (χ1n) is 4.90. The van der Waals surface area contributed by atoms with E-state index in [1.54, 1.807) is 0 Å². The highest BCUT2D eigenvalue weighted by atomic mass is 32.2. The van der Waals surface area contributed by atoms with Crippen LogP contribution in [0.4, 0.5) is 0 Å². The van der Waals surface area contributed by atoms with Gasteiger partial charge in [0.1, 0.15) is 0 Å². The zero-order chi connectivity index (χ0) is 10.8. The van der Waals surface area contributed by atoms with Crippen molar-refractivity contribution in [3.63, 3.8) is 0 Å². The molecule has 2 heterocycles. The number of aryl methyl sites for hydroxylation is 2. The van der Waals surface area contributed by atoms with Gasteiger partial charge in [0.05, 0.1) is 24.6 Å². The maximum absolute atomic E-state index is 9.59. The molecule has 0 saturated carbocycles. The average molecular weight is 226 g/mol. The minimum atomic E-state index is -0.403. The van der Waals surface area contributed by atoms with E-state index in [4.69, 9.17) is 4.74 Å². The number of aromatic nitrogens is 2. The zero-order valence-electron chi connectivity index (χ0n) is 8.80. The van der Waals surface area contributed by atoms with Crippen molar-refractivity contribution in [1.29, 1.82) is 0 Å². The van der Waals surface area contributed by atoms with Gasteiger partial charge in [0.25, 0.3) is 0 Å². The van der Waals surface area contributed by atoms with Crippen LogP contribution >= 0.6 is 11.8 Å². The van der Waals surface area contributed by atoms with Crippen LogP contribution in [-0.4, -0.2) is 39.6 Å². The Balaban J connectivity index is 2.10. The maximum Gasteiger partial charge on any atom is 0.188 e. The Morgan fingerprint density at radius 3 is 2.53 bits per heavy atom. The quantitative estimate of drug-likeness (QED) is 0.761. The number of thioether (sulfide) groups is 1. The van der Waals surface area contributed by atoms with Crippen molar-refractivity contribution in [2.24, 2.45) is 0 Å². The number of ether oxygens (including phenoxy) is 1. The van der Waals surface area contributed by atoms with Crippen molar-refractivity contribution < 1.29 is 9.84 Å². The highest BCUT2D eigenvalue weighted by Crippen LogP contribution is 2.26. The van der Waals surface area contributed by atoms with Crippen LogP contribution in [0.25, 0.3) is 0 Å². The summed E-state index contributed by atoms with van der Waals surface area (Å²) < 4.78 is 5.18. The summed E-state index contributed by atoms with van der Waals surface area (Å²) in [5.41, 5.74) is 1.91. The summed E-state index contributed by atoms with van der Waals surface area (Å²) in [6.07, 6.45) is -0.403. The van der Waals surface area contributed by atoms with Crippen molar-refractivity contribution in [3.8, 4) is 0 Å². The van der Waals surface area contributed by atoms with E-state index in [2.05, 4.69) is 9.97 Å². The lowest BCUT2D eigenvalue weighted by Gasteiger charge is -2.10. The Labute approximate surface area is 93.1 Å². The minimum Gasteiger partial charge on any atom is -0.389 e. The normalized spacial score (nSPS) is 25.8. The molecule has 4 nitrogen and oxygen atoms in total. The predicted molar refractivity (Wildman–Crippen MR) is 58.0 cm³/mol. The van der Waals surface area contributed by atoms with Gasteiger partial charge in [-0.05, 0) is 19.9 Å². The highest BCUT2D eigenvalue weighted by Gasteiger charge is 2.28. The third-order valence-electron chi connectivity index (χ3n) is 2.22. The van der Waals surface area contributed by atoms with Gasteiger partial charge in [0, 0.05) is 11.4 Å². The standard InChI is InChI=1S/C10H14N2O2S/c1-6-3-7(2)12-10(11-6)15-9-5-14-4-8(9)13/h3,8-9,13H,4-5H2,1-2H3/t8-,9-/m1/s1. The first-order valence-corrected chi connectivity index (χ1v) is 5.78. The van der Waals surface area contributed by atoms with Crippen LogP contribution in [0.5, 0.6) is 0 Å². The largest absolute Gasteiger partial charge is 0.389 e. The van der Waals surface area contributed by atoms with Crippen LogP contribution in [0.2, 0.25) is 0 Å². The van der Waals surface area contributed by atoms with Crippen LogP contribution in [0.1, 0.15) is 11.4 Å². The molecule has 1 fully saturated rings. The molecule has 0 aromatic carbocycles. The van der Waals surface area contributed by atoms with Crippen LogP contribution in [0.15, 0.2) is 11.2 Å². The molecule has 0 aliphatic carbocycles. The van der Waals surface area contributed by atoms with E-state index in [0.717, 1.165) is 16.5 Å². The fourth-order valence-electron chi connectivity index (χ4n) is 1.52. The van der Waals surface area contributed by atoms with Crippen molar-refractivity contribution in [2.75, 3.05) is 13.2 Å². The van der Waals surface area contributed by atoms with E-state index < -0.39 is 6.10 Å². The number of rotatable bonds is 2. The average Bonchev–Trinajstić information content (AvgIpc) is 2.50. The second-order valence-electron chi connectivity index (χ2n) is 3.69. The number of aliphatic hydroxyl groups excluding tert-OH is 1. The Hall–Kier alpha value is -0.650. The molecule has 1 N–H and O–H groups in total. The molecular formula is C10H14N2O2S. The molecule has 2 rings (SSSR count). The predicted octanol–water partition coefficient (Wildman–Crippen LogP) is 0.945. The van der Waals surface area contributed by atoms with E-state index in [0.29, 0.717) is 13.2 Å². The molecule has 82 valence electrons. The SMILES string of the molecule is Cc1cc(C)nc(S[C@@H]2COC[C@H]2O)n1. The number of hydrogen-bond acceptors (Lipinski definition) is 5. The molecule has 0 unspecified atom stereocenters. The topological polar surface area (TPSA) is 55.2 Å². The van der Waals surface area contributed by atoms with E-state index in [1.807, 2.05) is 19.9 Å². The second-order valence-corrected chi connectivity index (χ2v) is 4.90. The molecule has 1 aliphatic rings. The summed E-state index contributed by atoms with van der Waals surface area (Å²) in [5, 5.41) is 10.4. The number of aliphatic hydroxyl groups is 1. The smallest absolute Gasteiger partial charge is 0.188 e. The van der Waals surface area contributed by atoms with E-state index in [9.17, 15) is 5.11 Å². The fraction of sp³-hybridized carbons (Fsp3) is 0.600. The van der Waals surface area contributed by atoms with Gasteiger partial charge in [0.15, 0.2) is 5.16 Å². The van der Waals surface area contributed by atoms with Gasteiger partial charge in [0.2, 0.25) is 0 Å². The summed E-state index contributed by atoms with van der Waals surface area (Å²) in [7, 11) is 0. The van der Waals surface area contributed by atoms with Crippen LogP contribution in [0, 0.1) is 13.8 Å². The van der Waals surface area contributed by atoms with Gasteiger partial charge >= 0.3 is 0 Å². The first-order chi connectivity index (χ1) is 7.15. The molecule has 1 aromatic heterocycles. The molecule has 1 aliphatic heterocycles. The Morgan fingerprint density at radius 1 is 1.33 bits per heavy atom. The monoisotopic (exact) mass is 226 g/mol. The van der Waals surface area contributed by atoms with Crippen LogP contribution in [0.3, 0.4) is 0 Å². The zero-order valence-corrected chi connectivity index (χ0v) is 9.62. The molecule has 5 heteroatoms. The van der Waals surface area contributed by atoms with Gasteiger partial charge in [-0.15, -0.1) is 0 Å². The first kappa shape index (κ1) is 10.9. The summed E-state index contributed by atoms with van der Waals surface area (Å²) in [6.45, 7) is 4.88. The highest BCUT2D eigenvalue weighted by molar-refractivity contribution is 7.99. The number of hydrogen-bond donors (Lipinski definition) is 1. The van der Waals surface area contributed by atoms with Crippen LogP contribution in [-0.2, 0) is 4.74 Å². The summed E-state index contributed by atoms with van der Waals surface area (Å²) >= 11 is 1.49. The molecular weight excluding hydrogens is 212 g/mol. The third kappa shape index (κ3) is 2.68. The molecule has 0 radical (unpaired) electrons. The lowest BCUT2D eigenvalue weighted by molar-refractivity contribution is 0.127. The summed E-state index contributed by atoms with van der Waals surface area (Å²) in [5.74, 6) is 0. The van der Waals surface area contributed by atoms with Gasteiger partial charge in [-0.25, -0.2) is 9.97 Å². The van der Waals surface area contributed by atoms with Gasteiger partial charge < -0.3 is 9.84 Å². The van der Waals surface area contributed by atoms with E-state index >= 15 is 0 Å². The molecule has 1 aromatic rings. The van der Waals surface area contributed by atoms with Crippen molar-refractivity contribution in [1.82, 2.24) is 9.97 Å². The Kier molecular flexibility index (Phi) is 3.23. The Bertz CT molecular complexity index is 339. The molecule has 0 bridgehead atoms. The molecule has 2 atom stereocenters. The lowest BCUT2D eigenvalue weighted by Crippen LogP contribution is -2.20. The third-order valence-corrected chi connectivity index (χ3v) is 3.36. The Morgan fingerprint density at radius 2 is 2.00 bits per heavy atom. The minimum absolute atomic E-state index is 0.0613. The lowest BCUT2D eigenvalue weighted by atomic mass is 10.3. The summed E-state index contributed by atoms with van der Waals surface area (Å²) in [6, 6.07) is 1.94. The summed E-state index contributed by atoms with van der Waals surface area (Å²) in [4.78, 5) is 8.63. The van der Waals surface area contributed by atoms with Gasteiger partial charge in [-0.1, -0.05) is 11.8 Å². The fourth-order valence-corrected chi connectivity index (χ4v) is 2.58. The molecule has 0 spiro atoms. The molecule has 15 heavy (non-hydrogen) atoms. The second kappa shape index (κ2) is 4.47. The maximum atomic E-state index is 9.59. The van der Waals surface area contributed by atoms with E-state index in [1.165, 1.54) is 11.8 Å². The van der Waals surface area contributed by atoms with E-state index in [-0.39, 0.29) is 5.25 Å². The van der Waals surface area contributed by atoms with Crippen molar-refractivity contribution in [3.05, 3.63) is 17.5 Å². The van der Waals surface area contributed by atoms with Gasteiger partial charge in [-0.3, -0.25) is 0 Å². The molecule has 0 amide bonds. The van der Waals surface area contributed by atoms with Crippen molar-refractivity contribution >= 4 is 11.8 Å². The van der Waals surface area contributed by atoms with Crippen molar-refractivity contribution in [2.45, 2.75) is 30.4 Å². The number of nitrogens with zero attached hydrogens (tertiary/aromatic N) is 2. The van der Waals surface area contributed by atoms with Crippen LogP contribution < -0.4 is 0 Å².